The number of hydrogen-bond acceptors (Lipinski definition) is 7. The van der Waals surface area contributed by atoms with Crippen LogP contribution in [0.25, 0.3) is 0 Å². The van der Waals surface area contributed by atoms with Crippen molar-refractivity contribution in [2.75, 3.05) is 23.0 Å². The standard InChI is InChI=1S/C37H70O3S4Si/c1-26-18-20-37(38-31(26)17-15-29(4)36(9)43-24-13-25-44-36)21-19-28(3)33(39-37)27(2)14-16-32(40-45(10,11)35(6,7)8)30(5)34-41-22-12-23-42-34/h26-34H,12-25H2,1-11H3/t26-,27-,28+,29+,30+,31+,32+,33+,37-/m1/s1. The fraction of sp³-hybridized carbons (Fsp3) is 1.00. The summed E-state index contributed by atoms with van der Waals surface area (Å²) in [6.45, 7) is 26.8. The molecule has 1 spiro atoms. The van der Waals surface area contributed by atoms with E-state index in [1.165, 1.54) is 68.0 Å². The van der Waals surface area contributed by atoms with Gasteiger partial charge in [0.2, 0.25) is 0 Å². The fourth-order valence-corrected chi connectivity index (χ4v) is 15.4. The van der Waals surface area contributed by atoms with Gasteiger partial charge >= 0.3 is 0 Å². The Morgan fingerprint density at radius 2 is 1.44 bits per heavy atom. The molecular weight excluding hydrogens is 649 g/mol. The molecule has 4 saturated heterocycles. The molecule has 0 N–H and O–H groups in total. The number of rotatable bonds is 12. The quantitative estimate of drug-likeness (QED) is 0.185. The van der Waals surface area contributed by atoms with Gasteiger partial charge in [-0.3, -0.25) is 0 Å². The zero-order valence-corrected chi connectivity index (χ0v) is 35.2. The molecule has 0 aliphatic carbocycles. The van der Waals surface area contributed by atoms with Crippen LogP contribution in [0.5, 0.6) is 0 Å². The predicted octanol–water partition coefficient (Wildman–Crippen LogP) is 12.0. The molecule has 4 fully saturated rings. The minimum atomic E-state index is -1.87. The lowest BCUT2D eigenvalue weighted by Gasteiger charge is -2.51. The van der Waals surface area contributed by atoms with Gasteiger partial charge < -0.3 is 13.9 Å². The predicted molar refractivity (Wildman–Crippen MR) is 209 cm³/mol. The zero-order chi connectivity index (χ0) is 33.0. The van der Waals surface area contributed by atoms with Crippen LogP contribution in [0.15, 0.2) is 0 Å². The van der Waals surface area contributed by atoms with Crippen molar-refractivity contribution in [1.82, 2.24) is 0 Å². The van der Waals surface area contributed by atoms with Crippen LogP contribution in [0.4, 0.5) is 0 Å². The molecule has 0 amide bonds. The van der Waals surface area contributed by atoms with Gasteiger partial charge in [0.15, 0.2) is 14.1 Å². The minimum Gasteiger partial charge on any atom is -0.414 e. The fourth-order valence-electron chi connectivity index (χ4n) is 7.58. The highest BCUT2D eigenvalue weighted by Crippen LogP contribution is 2.50. The number of hydrogen-bond donors (Lipinski definition) is 0. The van der Waals surface area contributed by atoms with Gasteiger partial charge in [0.1, 0.15) is 0 Å². The van der Waals surface area contributed by atoms with Crippen molar-refractivity contribution in [3.63, 3.8) is 0 Å². The van der Waals surface area contributed by atoms with Gasteiger partial charge in [-0.1, -0.05) is 55.4 Å². The van der Waals surface area contributed by atoms with Gasteiger partial charge in [-0.05, 0) is 123 Å². The molecule has 45 heavy (non-hydrogen) atoms. The maximum atomic E-state index is 7.26. The Bertz CT molecular complexity index is 899. The highest BCUT2D eigenvalue weighted by atomic mass is 32.2. The molecule has 264 valence electrons. The van der Waals surface area contributed by atoms with Crippen LogP contribution >= 0.6 is 47.0 Å². The van der Waals surface area contributed by atoms with Crippen molar-refractivity contribution in [3.8, 4) is 0 Å². The van der Waals surface area contributed by atoms with Crippen LogP contribution in [0.1, 0.15) is 127 Å². The number of thioether (sulfide) groups is 4. The first-order valence-electron chi connectivity index (χ1n) is 18.6. The summed E-state index contributed by atoms with van der Waals surface area (Å²) in [5.41, 5.74) is 0. The topological polar surface area (TPSA) is 27.7 Å². The summed E-state index contributed by atoms with van der Waals surface area (Å²) in [5.74, 6) is 7.84. The van der Waals surface area contributed by atoms with E-state index in [1.807, 2.05) is 0 Å². The number of ether oxygens (including phenoxy) is 2. The second-order valence-corrected chi connectivity index (χ2v) is 27.9. The largest absolute Gasteiger partial charge is 0.414 e. The summed E-state index contributed by atoms with van der Waals surface area (Å²) in [6.07, 6.45) is 12.9. The Balaban J connectivity index is 1.38. The Kier molecular flexibility index (Phi) is 14.6. The second kappa shape index (κ2) is 16.7. The van der Waals surface area contributed by atoms with E-state index >= 15 is 0 Å². The summed E-state index contributed by atoms with van der Waals surface area (Å²) in [5, 5.41) is 0.229. The van der Waals surface area contributed by atoms with E-state index in [0.717, 1.165) is 19.3 Å². The van der Waals surface area contributed by atoms with E-state index in [-0.39, 0.29) is 16.9 Å². The molecule has 0 aromatic rings. The summed E-state index contributed by atoms with van der Waals surface area (Å²) >= 11 is 8.75. The van der Waals surface area contributed by atoms with Crippen LogP contribution in [0, 0.1) is 29.6 Å². The van der Waals surface area contributed by atoms with Gasteiger partial charge in [-0.2, -0.15) is 0 Å². The third kappa shape index (κ3) is 10.3. The Morgan fingerprint density at radius 1 is 0.844 bits per heavy atom. The third-order valence-corrected chi connectivity index (χ3v) is 23.8. The Labute approximate surface area is 297 Å². The van der Waals surface area contributed by atoms with Gasteiger partial charge in [0, 0.05) is 24.9 Å². The molecule has 8 heteroatoms. The second-order valence-electron chi connectivity index (χ2n) is 17.0. The molecule has 3 nitrogen and oxygen atoms in total. The van der Waals surface area contributed by atoms with Gasteiger partial charge in [0.25, 0.3) is 0 Å². The maximum absolute atomic E-state index is 7.26. The Morgan fingerprint density at radius 3 is 2.07 bits per heavy atom. The molecule has 0 aromatic heterocycles. The molecule has 0 aromatic carbocycles. The minimum absolute atomic E-state index is 0.229. The third-order valence-electron chi connectivity index (χ3n) is 12.3. The Hall–Kier alpha value is 1.50. The van der Waals surface area contributed by atoms with Crippen LogP contribution in [-0.2, 0) is 13.9 Å². The van der Waals surface area contributed by atoms with Gasteiger partial charge in [-0.15, -0.1) is 47.0 Å². The van der Waals surface area contributed by atoms with E-state index in [4.69, 9.17) is 13.9 Å². The van der Waals surface area contributed by atoms with Crippen molar-refractivity contribution >= 4 is 55.4 Å². The van der Waals surface area contributed by atoms with Crippen LogP contribution in [0.3, 0.4) is 0 Å². The zero-order valence-electron chi connectivity index (χ0n) is 31.0. The SMILES string of the molecule is C[C@H](CC[C@H](O[Si](C)(C)C(C)(C)C)[C@H](C)C1SCCCS1)[C@@H]1O[C@]2(CC[C@@H](C)[C@H](CC[C@H](C)C3(C)SCCCS3)O2)CC[C@@H]1C. The van der Waals surface area contributed by atoms with Gasteiger partial charge in [0.05, 0.1) is 20.9 Å². The average Bonchev–Trinajstić information content (AvgIpc) is 3.00. The lowest BCUT2D eigenvalue weighted by molar-refractivity contribution is -0.338. The normalized spacial score (nSPS) is 34.7. The first-order chi connectivity index (χ1) is 21.1. The van der Waals surface area contributed by atoms with E-state index in [1.54, 1.807) is 0 Å². The summed E-state index contributed by atoms with van der Waals surface area (Å²) in [6, 6.07) is 0. The molecule has 0 unspecified atom stereocenters. The summed E-state index contributed by atoms with van der Waals surface area (Å²) in [4.78, 5) is 0. The van der Waals surface area contributed by atoms with E-state index in [9.17, 15) is 0 Å². The van der Waals surface area contributed by atoms with Crippen molar-refractivity contribution < 1.29 is 13.9 Å². The van der Waals surface area contributed by atoms with Crippen molar-refractivity contribution in [2.24, 2.45) is 29.6 Å². The monoisotopic (exact) mass is 718 g/mol. The lowest BCUT2D eigenvalue weighted by Crippen LogP contribution is -2.53. The maximum Gasteiger partial charge on any atom is 0.192 e. The lowest BCUT2D eigenvalue weighted by atomic mass is 9.79. The molecule has 4 rings (SSSR count). The highest BCUT2D eigenvalue weighted by Gasteiger charge is 2.48. The van der Waals surface area contributed by atoms with E-state index in [2.05, 4.69) is 122 Å². The molecule has 0 radical (unpaired) electrons. The highest BCUT2D eigenvalue weighted by molar-refractivity contribution is 8.18. The van der Waals surface area contributed by atoms with Gasteiger partial charge in [-0.25, -0.2) is 0 Å². The molecular formula is C37H70O3S4Si. The molecule has 4 aliphatic rings. The van der Waals surface area contributed by atoms with Crippen molar-refractivity contribution in [3.05, 3.63) is 0 Å². The van der Waals surface area contributed by atoms with Crippen molar-refractivity contribution in [1.29, 1.82) is 0 Å². The van der Waals surface area contributed by atoms with Crippen LogP contribution in [-0.4, -0.2) is 64.1 Å². The summed E-state index contributed by atoms with van der Waals surface area (Å²) in [7, 11) is -1.87. The first kappa shape index (κ1) is 39.3. The summed E-state index contributed by atoms with van der Waals surface area (Å²) < 4.78 is 22.6. The molecule has 0 bridgehead atoms. The van der Waals surface area contributed by atoms with Crippen LogP contribution in [0.2, 0.25) is 18.1 Å². The van der Waals surface area contributed by atoms with E-state index < -0.39 is 8.32 Å². The molecule has 0 saturated carbocycles. The van der Waals surface area contributed by atoms with E-state index in [0.29, 0.717) is 50.5 Å². The molecule has 4 heterocycles. The first-order valence-corrected chi connectivity index (χ1v) is 25.6. The molecule has 4 aliphatic heterocycles. The average molecular weight is 719 g/mol. The smallest absolute Gasteiger partial charge is 0.192 e. The van der Waals surface area contributed by atoms with Crippen LogP contribution < -0.4 is 0 Å². The van der Waals surface area contributed by atoms with Crippen molar-refractivity contribution in [2.45, 2.75) is 177 Å². The molecule has 9 atom stereocenters.